The van der Waals surface area contributed by atoms with Gasteiger partial charge in [-0.3, -0.25) is 0 Å². The molecule has 0 bridgehead atoms. The highest BCUT2D eigenvalue weighted by Crippen LogP contribution is 2.49. The van der Waals surface area contributed by atoms with Gasteiger partial charge >= 0.3 is 12.1 Å². The van der Waals surface area contributed by atoms with Gasteiger partial charge < -0.3 is 0 Å². The molecule has 0 unspecified atom stereocenters. The summed E-state index contributed by atoms with van der Waals surface area (Å²) < 4.78 is 95.9. The van der Waals surface area contributed by atoms with Gasteiger partial charge in [-0.1, -0.05) is 35.9 Å². The summed E-state index contributed by atoms with van der Waals surface area (Å²) in [4.78, 5) is 6.69. The molecule has 0 saturated carbocycles. The SMILES string of the molecule is Cc1ccccc1-c1nc(NS(=O)(=O)c2cnn(I)c2)nc(Cl)c1C(F)(F)C(F)(F)F. The summed E-state index contributed by atoms with van der Waals surface area (Å²) in [5.41, 5.74) is -2.34. The summed E-state index contributed by atoms with van der Waals surface area (Å²) in [5.74, 6) is -6.19. The van der Waals surface area contributed by atoms with Gasteiger partial charge in [0.2, 0.25) is 5.95 Å². The highest BCUT2D eigenvalue weighted by molar-refractivity contribution is 14.1. The summed E-state index contributed by atoms with van der Waals surface area (Å²) in [5, 5.41) is 2.43. The topological polar surface area (TPSA) is 89.8 Å². The molecule has 1 N–H and O–H groups in total. The molecule has 0 aliphatic heterocycles. The molecule has 15 heteroatoms. The van der Waals surface area contributed by atoms with Gasteiger partial charge in [0, 0.05) is 5.56 Å². The molecule has 0 radical (unpaired) electrons. The molecule has 0 fully saturated rings. The Morgan fingerprint density at radius 3 is 2.32 bits per heavy atom. The molecule has 3 aromatic rings. The lowest BCUT2D eigenvalue weighted by molar-refractivity contribution is -0.289. The number of hydrogen-bond donors (Lipinski definition) is 1. The summed E-state index contributed by atoms with van der Waals surface area (Å²) in [6.07, 6.45) is -3.88. The van der Waals surface area contributed by atoms with Crippen LogP contribution < -0.4 is 4.72 Å². The maximum Gasteiger partial charge on any atom is 0.458 e. The Kier molecular flexibility index (Phi) is 6.18. The first-order valence-corrected chi connectivity index (χ1v) is 10.9. The maximum atomic E-state index is 14.3. The van der Waals surface area contributed by atoms with Crippen LogP contribution in [0.1, 0.15) is 11.1 Å². The third-order valence-electron chi connectivity index (χ3n) is 4.00. The lowest BCUT2D eigenvalue weighted by Gasteiger charge is -2.23. The fraction of sp³-hybridized carbons (Fsp3) is 0.188. The zero-order valence-electron chi connectivity index (χ0n) is 15.1. The largest absolute Gasteiger partial charge is 0.458 e. The Hall–Kier alpha value is -2.07. The van der Waals surface area contributed by atoms with Crippen LogP contribution in [-0.4, -0.2) is 32.6 Å². The summed E-state index contributed by atoms with van der Waals surface area (Å²) >= 11 is 7.41. The van der Waals surface area contributed by atoms with Gasteiger partial charge in [-0.05, 0) is 12.5 Å². The molecule has 2 aromatic heterocycles. The first-order valence-electron chi connectivity index (χ1n) is 8.06. The lowest BCUT2D eigenvalue weighted by atomic mass is 9.98. The second-order valence-electron chi connectivity index (χ2n) is 6.12. The predicted octanol–water partition coefficient (Wildman–Crippen LogP) is 4.95. The van der Waals surface area contributed by atoms with E-state index in [2.05, 4.69) is 15.1 Å². The number of halogens is 7. The normalized spacial score (nSPS) is 12.8. The second kappa shape index (κ2) is 8.12. The zero-order valence-corrected chi connectivity index (χ0v) is 18.9. The van der Waals surface area contributed by atoms with Crippen molar-refractivity contribution in [3.05, 3.63) is 52.9 Å². The van der Waals surface area contributed by atoms with Gasteiger partial charge in [-0.15, -0.1) is 0 Å². The van der Waals surface area contributed by atoms with Crippen LogP contribution in [0.3, 0.4) is 0 Å². The third-order valence-corrected chi connectivity index (χ3v) is 6.08. The van der Waals surface area contributed by atoms with Crippen molar-refractivity contribution in [2.24, 2.45) is 0 Å². The number of rotatable bonds is 5. The molecule has 1 aromatic carbocycles. The lowest BCUT2D eigenvalue weighted by Crippen LogP contribution is -2.35. The third kappa shape index (κ3) is 4.59. The fourth-order valence-electron chi connectivity index (χ4n) is 2.53. The molecular formula is C16H10ClF5IN5O2S. The van der Waals surface area contributed by atoms with Crippen LogP contribution in [0.4, 0.5) is 27.9 Å². The molecule has 7 nitrogen and oxygen atoms in total. The summed E-state index contributed by atoms with van der Waals surface area (Å²) in [7, 11) is -4.33. The Balaban J connectivity index is 2.23. The minimum absolute atomic E-state index is 0.105. The van der Waals surface area contributed by atoms with Gasteiger partial charge in [0.1, 0.15) is 10.0 Å². The van der Waals surface area contributed by atoms with Gasteiger partial charge in [0.15, 0.2) is 0 Å². The van der Waals surface area contributed by atoms with Crippen molar-refractivity contribution in [1.29, 1.82) is 0 Å². The average Bonchev–Trinajstić information content (AvgIpc) is 3.07. The zero-order chi connectivity index (χ0) is 23.2. The quantitative estimate of drug-likeness (QED) is 0.257. The molecule has 0 atom stereocenters. The first-order chi connectivity index (χ1) is 14.2. The fourth-order valence-corrected chi connectivity index (χ4v) is 4.31. The van der Waals surface area contributed by atoms with Crippen molar-refractivity contribution in [3.63, 3.8) is 0 Å². The van der Waals surface area contributed by atoms with Gasteiger partial charge in [0.05, 0.1) is 46.5 Å². The minimum atomic E-state index is -5.99. The van der Waals surface area contributed by atoms with E-state index >= 15 is 0 Å². The van der Waals surface area contributed by atoms with E-state index in [9.17, 15) is 30.4 Å². The van der Waals surface area contributed by atoms with Crippen LogP contribution in [0.15, 0.2) is 41.6 Å². The van der Waals surface area contributed by atoms with Gasteiger partial charge in [-0.25, -0.2) is 21.0 Å². The molecule has 0 amide bonds. The molecule has 0 aliphatic carbocycles. The number of nitrogens with zero attached hydrogens (tertiary/aromatic N) is 4. The molecular weight excluding hydrogens is 584 g/mol. The molecule has 0 spiro atoms. The molecule has 166 valence electrons. The van der Waals surface area contributed by atoms with Crippen LogP contribution in [0.5, 0.6) is 0 Å². The van der Waals surface area contributed by atoms with Crippen LogP contribution in [-0.2, 0) is 15.9 Å². The van der Waals surface area contributed by atoms with E-state index in [4.69, 9.17) is 11.6 Å². The first kappa shape index (κ1) is 23.6. The van der Waals surface area contributed by atoms with E-state index in [0.717, 1.165) is 15.3 Å². The van der Waals surface area contributed by atoms with Gasteiger partial charge in [-0.2, -0.15) is 32.0 Å². The number of hydrogen-bond acceptors (Lipinski definition) is 5. The highest BCUT2D eigenvalue weighted by atomic mass is 127. The number of nitrogens with one attached hydrogen (secondary N) is 1. The van der Waals surface area contributed by atoms with Gasteiger partial charge in [0.25, 0.3) is 10.0 Å². The Morgan fingerprint density at radius 2 is 1.77 bits per heavy atom. The number of benzene rings is 1. The highest BCUT2D eigenvalue weighted by Gasteiger charge is 2.61. The summed E-state index contributed by atoms with van der Waals surface area (Å²) in [6, 6.07) is 5.64. The van der Waals surface area contributed by atoms with E-state index in [1.165, 1.54) is 31.2 Å². The van der Waals surface area contributed by atoms with E-state index in [1.807, 2.05) is 4.72 Å². The van der Waals surface area contributed by atoms with Crippen LogP contribution in [0, 0.1) is 6.92 Å². The minimum Gasteiger partial charge on any atom is -0.247 e. The summed E-state index contributed by atoms with van der Waals surface area (Å²) in [6.45, 7) is 1.46. The van der Waals surface area contributed by atoms with Crippen LogP contribution in [0.25, 0.3) is 11.3 Å². The van der Waals surface area contributed by atoms with E-state index < -0.39 is 44.5 Å². The molecule has 0 saturated heterocycles. The molecule has 3 rings (SSSR count). The molecule has 31 heavy (non-hydrogen) atoms. The van der Waals surface area contributed by atoms with Crippen molar-refractivity contribution < 1.29 is 30.4 Å². The van der Waals surface area contributed by atoms with Crippen LogP contribution in [0.2, 0.25) is 5.15 Å². The Bertz CT molecular complexity index is 1250. The Labute approximate surface area is 191 Å². The number of anilines is 1. The monoisotopic (exact) mass is 593 g/mol. The van der Waals surface area contributed by atoms with Crippen LogP contribution >= 0.6 is 34.5 Å². The number of aryl methyl sites for hydroxylation is 1. The Morgan fingerprint density at radius 1 is 1.13 bits per heavy atom. The van der Waals surface area contributed by atoms with E-state index in [-0.39, 0.29) is 10.5 Å². The number of aromatic nitrogens is 4. The van der Waals surface area contributed by atoms with E-state index in [1.54, 1.807) is 22.9 Å². The smallest absolute Gasteiger partial charge is 0.247 e. The van der Waals surface area contributed by atoms with Crippen molar-refractivity contribution >= 4 is 50.4 Å². The van der Waals surface area contributed by atoms with Crippen molar-refractivity contribution in [2.75, 3.05) is 4.72 Å². The standard InChI is InChI=1S/C16H10ClF5IN5O2S/c1-8-4-2-3-5-10(8)12-11(15(18,19)16(20,21)22)13(17)26-14(25-12)27-31(29,30)9-6-24-28(23)7-9/h2-7H,1H3,(H,25,26,27). The van der Waals surface area contributed by atoms with Crippen molar-refractivity contribution in [3.8, 4) is 11.3 Å². The molecule has 2 heterocycles. The van der Waals surface area contributed by atoms with Crippen molar-refractivity contribution in [2.45, 2.75) is 23.9 Å². The predicted molar refractivity (Wildman–Crippen MR) is 110 cm³/mol. The average molecular weight is 594 g/mol. The second-order valence-corrected chi connectivity index (χ2v) is 9.15. The van der Waals surface area contributed by atoms with E-state index in [0.29, 0.717) is 5.56 Å². The molecule has 0 aliphatic rings. The number of alkyl halides is 5. The number of sulfonamides is 1. The maximum absolute atomic E-state index is 14.3. The van der Waals surface area contributed by atoms with Crippen molar-refractivity contribution in [1.82, 2.24) is 18.0 Å².